The number of hydrogen-bond donors (Lipinski definition) is 0. The largest absolute Gasteiger partial charge is 0.363 e. The Morgan fingerprint density at radius 1 is 1.13 bits per heavy atom. The van der Waals surface area contributed by atoms with E-state index in [2.05, 4.69) is 96.3 Å². The molecule has 2 fully saturated rings. The van der Waals surface area contributed by atoms with Crippen LogP contribution in [0.4, 0.5) is 0 Å². The number of terminal acetylenes is 1. The number of fused-ring (bicyclic) bond motifs is 3. The minimum absolute atomic E-state index is 0.0372. The summed E-state index contributed by atoms with van der Waals surface area (Å²) in [5, 5.41) is 1.40. The number of rotatable bonds is 3. The van der Waals surface area contributed by atoms with Gasteiger partial charge in [0.05, 0.1) is 5.70 Å². The Balaban J connectivity index is 1.95. The van der Waals surface area contributed by atoms with Crippen molar-refractivity contribution in [3.8, 4) is 12.3 Å². The molecular formula is C28H43NS. The van der Waals surface area contributed by atoms with Gasteiger partial charge in [-0.3, -0.25) is 0 Å². The Morgan fingerprint density at radius 3 is 2.40 bits per heavy atom. The van der Waals surface area contributed by atoms with Gasteiger partial charge in [0.15, 0.2) is 0 Å². The molecule has 0 amide bonds. The maximum absolute atomic E-state index is 6.14. The first-order chi connectivity index (χ1) is 14.0. The molecule has 0 N–H and O–H groups in total. The Bertz CT molecular complexity index is 764. The van der Waals surface area contributed by atoms with Gasteiger partial charge in [0.2, 0.25) is 0 Å². The van der Waals surface area contributed by atoms with Crippen LogP contribution < -0.4 is 0 Å². The first-order valence-electron chi connectivity index (χ1n) is 11.9. The van der Waals surface area contributed by atoms with Crippen LogP contribution >= 0.6 is 11.8 Å². The quantitative estimate of drug-likeness (QED) is 0.262. The van der Waals surface area contributed by atoms with E-state index < -0.39 is 0 Å². The Morgan fingerprint density at radius 2 is 1.83 bits per heavy atom. The molecule has 30 heavy (non-hydrogen) atoms. The molecule has 0 radical (unpaired) electrons. The predicted octanol–water partition coefficient (Wildman–Crippen LogP) is 7.46. The maximum Gasteiger partial charge on any atom is 0.0914 e. The summed E-state index contributed by atoms with van der Waals surface area (Å²) in [5.74, 6) is 4.79. The monoisotopic (exact) mass is 425 g/mol. The maximum atomic E-state index is 6.14. The lowest BCUT2D eigenvalue weighted by Crippen LogP contribution is -2.45. The fraction of sp³-hybridized carbons (Fsp3) is 0.714. The van der Waals surface area contributed by atoms with Crippen LogP contribution in [0, 0.1) is 35.0 Å². The lowest BCUT2D eigenvalue weighted by Gasteiger charge is -2.42. The molecule has 1 aliphatic heterocycles. The van der Waals surface area contributed by atoms with E-state index in [1.807, 2.05) is 0 Å². The summed E-state index contributed by atoms with van der Waals surface area (Å²) in [6, 6.07) is 0.536. The van der Waals surface area contributed by atoms with Gasteiger partial charge >= 0.3 is 0 Å². The Hall–Kier alpha value is -1.07. The van der Waals surface area contributed by atoms with Gasteiger partial charge in [-0.05, 0) is 60.8 Å². The normalized spacial score (nSPS) is 32.8. The molecular weight excluding hydrogens is 382 g/mol. The minimum atomic E-state index is 0.0372. The second-order valence-electron chi connectivity index (χ2n) is 11.6. The van der Waals surface area contributed by atoms with E-state index in [1.54, 1.807) is 5.57 Å². The fourth-order valence-electron chi connectivity index (χ4n) is 6.07. The van der Waals surface area contributed by atoms with Crippen LogP contribution in [0.5, 0.6) is 0 Å². The molecule has 1 heterocycles. The molecule has 1 saturated carbocycles. The number of thioether (sulfide) groups is 1. The third-order valence-corrected chi connectivity index (χ3v) is 9.38. The highest BCUT2D eigenvalue weighted by Gasteiger charge is 2.52. The fourth-order valence-corrected chi connectivity index (χ4v) is 8.59. The van der Waals surface area contributed by atoms with Crippen molar-refractivity contribution < 1.29 is 0 Å². The predicted molar refractivity (Wildman–Crippen MR) is 134 cm³/mol. The van der Waals surface area contributed by atoms with E-state index in [9.17, 15) is 0 Å². The van der Waals surface area contributed by atoms with Crippen molar-refractivity contribution in [2.24, 2.45) is 22.7 Å². The summed E-state index contributed by atoms with van der Waals surface area (Å²) in [6.45, 7) is 16.1. The molecule has 5 atom stereocenters. The second kappa shape index (κ2) is 8.82. The molecule has 4 unspecified atom stereocenters. The van der Waals surface area contributed by atoms with Gasteiger partial charge in [-0.15, -0.1) is 18.2 Å². The lowest BCUT2D eigenvalue weighted by atomic mass is 9.68. The average Bonchev–Trinajstić information content (AvgIpc) is 3.04. The minimum Gasteiger partial charge on any atom is -0.363 e. The summed E-state index contributed by atoms with van der Waals surface area (Å²) in [7, 11) is 2.26. The van der Waals surface area contributed by atoms with Crippen LogP contribution in [0.15, 0.2) is 35.1 Å². The van der Waals surface area contributed by atoms with Gasteiger partial charge in [-0.1, -0.05) is 77.7 Å². The highest BCUT2D eigenvalue weighted by molar-refractivity contribution is 8.01. The van der Waals surface area contributed by atoms with Crippen LogP contribution in [-0.2, 0) is 0 Å². The summed E-state index contributed by atoms with van der Waals surface area (Å²) in [4.78, 5) is 2.49. The number of allylic oxidation sites excluding steroid dienone is 5. The van der Waals surface area contributed by atoms with Gasteiger partial charge in [0.25, 0.3) is 0 Å². The van der Waals surface area contributed by atoms with Crippen LogP contribution in [0.3, 0.4) is 0 Å². The summed E-state index contributed by atoms with van der Waals surface area (Å²) in [5.41, 5.74) is 4.40. The zero-order valence-electron chi connectivity index (χ0n) is 20.6. The lowest BCUT2D eigenvalue weighted by molar-refractivity contribution is 0.169. The highest BCUT2D eigenvalue weighted by Crippen LogP contribution is 2.58. The standard InChI is InChI=1S/C28H43NS/c1-10-14-21(27(3,4)5)23(11-2)29(9)24-18-13-16-20-19-15-12-17-22(28(6,7)8)25(19)30-26(20)24/h2,10,14,17,19-20,24-26H,12-13,15-16,18H2,1,3-9H3/b14-10-,23-21-/t19?,20-,24?,25?,26?/m1/s1. The van der Waals surface area contributed by atoms with Crippen molar-refractivity contribution in [3.05, 3.63) is 35.1 Å². The average molecular weight is 426 g/mol. The van der Waals surface area contributed by atoms with Crippen molar-refractivity contribution in [3.63, 3.8) is 0 Å². The third kappa shape index (κ3) is 4.43. The van der Waals surface area contributed by atoms with Crippen LogP contribution in [0.2, 0.25) is 0 Å². The van der Waals surface area contributed by atoms with Gasteiger partial charge < -0.3 is 4.90 Å². The van der Waals surface area contributed by atoms with E-state index >= 15 is 0 Å². The molecule has 0 aromatic heterocycles. The zero-order chi connectivity index (χ0) is 22.3. The van der Waals surface area contributed by atoms with Crippen LogP contribution in [0.25, 0.3) is 0 Å². The molecule has 1 nitrogen and oxygen atoms in total. The summed E-state index contributed by atoms with van der Waals surface area (Å²) < 4.78 is 0. The van der Waals surface area contributed by atoms with Crippen molar-refractivity contribution in [1.29, 1.82) is 0 Å². The Kier molecular flexibility index (Phi) is 6.93. The van der Waals surface area contributed by atoms with Crippen molar-refractivity contribution in [2.75, 3.05) is 7.05 Å². The first-order valence-corrected chi connectivity index (χ1v) is 12.9. The topological polar surface area (TPSA) is 3.24 Å². The van der Waals surface area contributed by atoms with E-state index in [0.29, 0.717) is 16.5 Å². The van der Waals surface area contributed by atoms with E-state index in [-0.39, 0.29) is 10.8 Å². The molecule has 1 saturated heterocycles. The summed E-state index contributed by atoms with van der Waals surface area (Å²) >= 11 is 2.29. The number of hydrogen-bond acceptors (Lipinski definition) is 2. The SMILES string of the molecule is C#C/C(=C(\C=C/C)C(C)(C)C)N(C)C1CCC[C@@H]2C3CCC=C(C(C)(C)C)C3SC12. The molecule has 3 rings (SSSR count). The van der Waals surface area contributed by atoms with Crippen molar-refractivity contribution in [2.45, 2.75) is 97.1 Å². The highest BCUT2D eigenvalue weighted by atomic mass is 32.2. The van der Waals surface area contributed by atoms with Gasteiger partial charge in [-0.2, -0.15) is 0 Å². The Labute approximate surface area is 190 Å². The summed E-state index contributed by atoms with van der Waals surface area (Å²) in [6.07, 6.45) is 19.7. The van der Waals surface area contributed by atoms with E-state index in [4.69, 9.17) is 6.42 Å². The van der Waals surface area contributed by atoms with Crippen molar-refractivity contribution in [1.82, 2.24) is 4.90 Å². The van der Waals surface area contributed by atoms with Crippen molar-refractivity contribution >= 4 is 11.8 Å². The zero-order valence-corrected chi connectivity index (χ0v) is 21.4. The third-order valence-electron chi connectivity index (χ3n) is 7.50. The van der Waals surface area contributed by atoms with E-state index in [0.717, 1.165) is 17.5 Å². The second-order valence-corrected chi connectivity index (χ2v) is 12.9. The molecule has 0 bridgehead atoms. The first kappa shape index (κ1) is 23.6. The molecule has 0 aromatic rings. The van der Waals surface area contributed by atoms with Gasteiger partial charge in [-0.25, -0.2) is 0 Å². The molecule has 0 aromatic carbocycles. The smallest absolute Gasteiger partial charge is 0.0914 e. The van der Waals surface area contributed by atoms with Gasteiger partial charge in [0.1, 0.15) is 0 Å². The molecule has 0 spiro atoms. The van der Waals surface area contributed by atoms with Crippen LogP contribution in [0.1, 0.15) is 80.6 Å². The molecule has 2 aliphatic carbocycles. The van der Waals surface area contributed by atoms with Crippen LogP contribution in [-0.4, -0.2) is 28.5 Å². The molecule has 2 heteroatoms. The molecule has 166 valence electrons. The molecule has 3 aliphatic rings. The number of nitrogens with zero attached hydrogens (tertiary/aromatic N) is 1. The van der Waals surface area contributed by atoms with Gasteiger partial charge in [0, 0.05) is 23.6 Å². The van der Waals surface area contributed by atoms with E-state index in [1.165, 1.54) is 37.7 Å².